The van der Waals surface area contributed by atoms with Gasteiger partial charge in [0.2, 0.25) is 17.7 Å². The number of fused-ring (bicyclic) bond motifs is 2. The second-order valence-corrected chi connectivity index (χ2v) is 8.36. The zero-order valence-electron chi connectivity index (χ0n) is 17.8. The lowest BCUT2D eigenvalue weighted by molar-refractivity contribution is -0.131. The number of para-hydroxylation sites is 1. The summed E-state index contributed by atoms with van der Waals surface area (Å²) in [7, 11) is 0. The molecule has 5 rings (SSSR count). The summed E-state index contributed by atoms with van der Waals surface area (Å²) in [6.07, 6.45) is 4.98. The molecule has 10 nitrogen and oxygen atoms in total. The number of benzene rings is 1. The minimum atomic E-state index is -0.397. The number of carbonyl (C=O) groups is 1. The maximum Gasteiger partial charge on any atom is 0.225 e. The Morgan fingerprint density at radius 3 is 2.94 bits per heavy atom. The van der Waals surface area contributed by atoms with Gasteiger partial charge >= 0.3 is 0 Å². The molecule has 0 aliphatic carbocycles. The van der Waals surface area contributed by atoms with Crippen molar-refractivity contribution in [2.45, 2.75) is 37.7 Å². The van der Waals surface area contributed by atoms with Gasteiger partial charge in [-0.1, -0.05) is 12.1 Å². The molecule has 32 heavy (non-hydrogen) atoms. The van der Waals surface area contributed by atoms with Crippen molar-refractivity contribution in [1.29, 1.82) is 0 Å². The minimum absolute atomic E-state index is 0.118. The summed E-state index contributed by atoms with van der Waals surface area (Å²) >= 11 is 0. The fourth-order valence-electron chi connectivity index (χ4n) is 4.60. The SMILES string of the molecule is Nc1nc(N)c2c(n1)O[C@@]1(CCCN(C(=O)CCNc3ncnc4ccccc34)CC1)C2. The van der Waals surface area contributed by atoms with Gasteiger partial charge in [0.25, 0.3) is 0 Å². The lowest BCUT2D eigenvalue weighted by atomic mass is 9.90. The van der Waals surface area contributed by atoms with E-state index in [0.29, 0.717) is 44.2 Å². The van der Waals surface area contributed by atoms with E-state index in [2.05, 4.69) is 25.3 Å². The Kier molecular flexibility index (Phi) is 5.12. The second kappa shape index (κ2) is 8.10. The van der Waals surface area contributed by atoms with E-state index in [0.717, 1.165) is 41.5 Å². The van der Waals surface area contributed by atoms with Crippen LogP contribution in [0.2, 0.25) is 0 Å². The quantitative estimate of drug-likeness (QED) is 0.559. The summed E-state index contributed by atoms with van der Waals surface area (Å²) in [6, 6.07) is 7.80. The summed E-state index contributed by atoms with van der Waals surface area (Å²) in [5.41, 5.74) is 13.0. The summed E-state index contributed by atoms with van der Waals surface area (Å²) in [5, 5.41) is 4.23. The van der Waals surface area contributed by atoms with Crippen LogP contribution in [0.25, 0.3) is 10.9 Å². The molecule has 1 atom stereocenters. The molecule has 0 radical (unpaired) electrons. The van der Waals surface area contributed by atoms with Crippen LogP contribution in [0.15, 0.2) is 30.6 Å². The van der Waals surface area contributed by atoms with Gasteiger partial charge in [0.05, 0.1) is 11.1 Å². The number of nitrogens with zero attached hydrogens (tertiary/aromatic N) is 5. The van der Waals surface area contributed by atoms with Gasteiger partial charge in [0, 0.05) is 44.3 Å². The van der Waals surface area contributed by atoms with Crippen molar-refractivity contribution in [3.63, 3.8) is 0 Å². The van der Waals surface area contributed by atoms with E-state index in [-0.39, 0.29) is 11.9 Å². The number of amides is 1. The van der Waals surface area contributed by atoms with E-state index in [1.807, 2.05) is 29.2 Å². The normalized spacial score (nSPS) is 20.1. The van der Waals surface area contributed by atoms with Crippen molar-refractivity contribution < 1.29 is 9.53 Å². The standard InChI is InChI=1S/C22H26N8O2/c23-18-15-12-22(32-20(15)29-21(24)28-18)7-3-10-30(11-8-22)17(31)6-9-25-19-14-4-1-2-5-16(14)26-13-27-19/h1-2,4-5,13H,3,6-12H2,(H,25,26,27)(H4,23,24,28,29)/t22-/m1/s1. The van der Waals surface area contributed by atoms with Crippen LogP contribution < -0.4 is 21.5 Å². The molecule has 166 valence electrons. The number of ether oxygens (including phenoxy) is 1. The summed E-state index contributed by atoms with van der Waals surface area (Å²) in [6.45, 7) is 1.85. The largest absolute Gasteiger partial charge is 0.470 e. The maximum absolute atomic E-state index is 12.9. The van der Waals surface area contributed by atoms with Crippen LogP contribution in [0.4, 0.5) is 17.6 Å². The molecule has 1 spiro atoms. The number of nitrogens with one attached hydrogen (secondary N) is 1. The van der Waals surface area contributed by atoms with Crippen molar-refractivity contribution in [1.82, 2.24) is 24.8 Å². The third-order valence-electron chi connectivity index (χ3n) is 6.26. The van der Waals surface area contributed by atoms with E-state index in [1.54, 1.807) is 0 Å². The van der Waals surface area contributed by atoms with E-state index in [4.69, 9.17) is 16.2 Å². The molecular weight excluding hydrogens is 408 g/mol. The van der Waals surface area contributed by atoms with E-state index >= 15 is 0 Å². The Morgan fingerprint density at radius 1 is 1.16 bits per heavy atom. The van der Waals surface area contributed by atoms with E-state index in [9.17, 15) is 4.79 Å². The molecule has 10 heteroatoms. The molecule has 1 saturated heterocycles. The maximum atomic E-state index is 12.9. The first-order valence-electron chi connectivity index (χ1n) is 10.9. The van der Waals surface area contributed by atoms with Gasteiger partial charge in [0.1, 0.15) is 23.6 Å². The van der Waals surface area contributed by atoms with Crippen LogP contribution in [0.1, 0.15) is 31.2 Å². The lowest BCUT2D eigenvalue weighted by Gasteiger charge is -2.27. The molecule has 1 fully saturated rings. The Morgan fingerprint density at radius 2 is 2.03 bits per heavy atom. The molecule has 2 aliphatic rings. The molecule has 2 aliphatic heterocycles. The first-order valence-corrected chi connectivity index (χ1v) is 10.9. The smallest absolute Gasteiger partial charge is 0.225 e. The number of hydrogen-bond acceptors (Lipinski definition) is 9. The second-order valence-electron chi connectivity index (χ2n) is 8.36. The van der Waals surface area contributed by atoms with Gasteiger partial charge in [-0.15, -0.1) is 0 Å². The molecule has 1 amide bonds. The predicted octanol–water partition coefficient (Wildman–Crippen LogP) is 1.77. The summed E-state index contributed by atoms with van der Waals surface area (Å²) in [5.74, 6) is 1.84. The van der Waals surface area contributed by atoms with Crippen molar-refractivity contribution in [3.05, 3.63) is 36.2 Å². The van der Waals surface area contributed by atoms with Crippen LogP contribution in [0, 0.1) is 0 Å². The molecule has 0 saturated carbocycles. The van der Waals surface area contributed by atoms with Gasteiger partial charge in [0.15, 0.2) is 0 Å². The van der Waals surface area contributed by atoms with Crippen molar-refractivity contribution >= 4 is 34.4 Å². The predicted molar refractivity (Wildman–Crippen MR) is 121 cm³/mol. The first kappa shape index (κ1) is 20.2. The molecule has 4 heterocycles. The Bertz CT molecular complexity index is 1160. The van der Waals surface area contributed by atoms with Crippen molar-refractivity contribution in [2.24, 2.45) is 0 Å². The third kappa shape index (κ3) is 3.83. The molecule has 5 N–H and O–H groups in total. The first-order chi connectivity index (χ1) is 15.5. The average Bonchev–Trinajstić information content (AvgIpc) is 3.01. The fourth-order valence-corrected chi connectivity index (χ4v) is 4.60. The number of nitrogen functional groups attached to an aromatic ring is 2. The zero-order chi connectivity index (χ0) is 22.1. The fraction of sp³-hybridized carbons (Fsp3) is 0.409. The number of nitrogens with two attached hydrogens (primary N) is 2. The van der Waals surface area contributed by atoms with E-state index in [1.165, 1.54) is 6.33 Å². The number of aromatic nitrogens is 4. The number of anilines is 3. The van der Waals surface area contributed by atoms with E-state index < -0.39 is 5.60 Å². The van der Waals surface area contributed by atoms with Crippen LogP contribution in [-0.4, -0.2) is 56.0 Å². The van der Waals surface area contributed by atoms with Crippen LogP contribution in [-0.2, 0) is 11.2 Å². The Balaban J connectivity index is 1.18. The van der Waals surface area contributed by atoms with Gasteiger partial charge in [-0.3, -0.25) is 4.79 Å². The van der Waals surface area contributed by atoms with Crippen LogP contribution in [0.5, 0.6) is 5.88 Å². The molecule has 1 aromatic carbocycles. The zero-order valence-corrected chi connectivity index (χ0v) is 17.8. The molecule has 0 unspecified atom stereocenters. The summed E-state index contributed by atoms with van der Waals surface area (Å²) in [4.78, 5) is 31.6. The average molecular weight is 435 g/mol. The van der Waals surface area contributed by atoms with Crippen LogP contribution >= 0.6 is 0 Å². The number of likely N-dealkylation sites (tertiary alicyclic amines) is 1. The van der Waals surface area contributed by atoms with Crippen LogP contribution in [0.3, 0.4) is 0 Å². The summed E-state index contributed by atoms with van der Waals surface area (Å²) < 4.78 is 6.21. The van der Waals surface area contributed by atoms with Gasteiger partial charge in [-0.05, 0) is 25.0 Å². The highest BCUT2D eigenvalue weighted by Gasteiger charge is 2.43. The molecular formula is C22H26N8O2. The Hall–Kier alpha value is -3.69. The van der Waals surface area contributed by atoms with Gasteiger partial charge < -0.3 is 26.4 Å². The molecule has 2 aromatic heterocycles. The third-order valence-corrected chi connectivity index (χ3v) is 6.26. The minimum Gasteiger partial charge on any atom is -0.470 e. The highest BCUT2D eigenvalue weighted by atomic mass is 16.5. The molecule has 3 aromatic rings. The molecule has 0 bridgehead atoms. The van der Waals surface area contributed by atoms with Gasteiger partial charge in [-0.25, -0.2) is 9.97 Å². The topological polar surface area (TPSA) is 145 Å². The number of hydrogen-bond donors (Lipinski definition) is 3. The number of carbonyl (C=O) groups excluding carboxylic acids is 1. The Labute approximate surface area is 185 Å². The number of rotatable bonds is 4. The lowest BCUT2D eigenvalue weighted by Crippen LogP contribution is -2.37. The van der Waals surface area contributed by atoms with Crippen molar-refractivity contribution in [3.8, 4) is 5.88 Å². The van der Waals surface area contributed by atoms with Crippen molar-refractivity contribution in [2.75, 3.05) is 36.4 Å². The highest BCUT2D eigenvalue weighted by molar-refractivity contribution is 5.88. The van der Waals surface area contributed by atoms with Gasteiger partial charge in [-0.2, -0.15) is 9.97 Å². The monoisotopic (exact) mass is 434 g/mol. The highest BCUT2D eigenvalue weighted by Crippen LogP contribution is 2.42.